The fourth-order valence-corrected chi connectivity index (χ4v) is 4.13. The molecule has 1 atom stereocenters. The van der Waals surface area contributed by atoms with Crippen LogP contribution < -0.4 is 10.1 Å². The lowest BCUT2D eigenvalue weighted by Crippen LogP contribution is -2.26. The van der Waals surface area contributed by atoms with E-state index >= 15 is 0 Å². The van der Waals surface area contributed by atoms with E-state index in [4.69, 9.17) is 14.2 Å². The average molecular weight is 482 g/mol. The Labute approximate surface area is 202 Å². The van der Waals surface area contributed by atoms with Gasteiger partial charge in [0, 0.05) is 16.5 Å². The first-order valence-corrected chi connectivity index (χ1v) is 11.8. The van der Waals surface area contributed by atoms with Gasteiger partial charge in [-0.15, -0.1) is 11.3 Å². The number of rotatable bonds is 9. The zero-order valence-corrected chi connectivity index (χ0v) is 20.4. The van der Waals surface area contributed by atoms with Gasteiger partial charge in [0.15, 0.2) is 6.10 Å². The highest BCUT2D eigenvalue weighted by molar-refractivity contribution is 7.15. The molecule has 1 aromatic heterocycles. The second-order valence-electron chi connectivity index (χ2n) is 7.43. The predicted octanol–water partition coefficient (Wildman–Crippen LogP) is 5.48. The third-order valence-corrected chi connectivity index (χ3v) is 5.80. The SMILES string of the molecule is CCOC(=O)c1c(-c2ccc(C)cc2)csc1NC(=O)c1ccc(OC(C)C(=O)OCC)cc1. The van der Waals surface area contributed by atoms with Crippen molar-refractivity contribution in [3.05, 3.63) is 70.6 Å². The number of anilines is 1. The molecule has 1 N–H and O–H groups in total. The van der Waals surface area contributed by atoms with Crippen molar-refractivity contribution >= 4 is 34.2 Å². The number of ether oxygens (including phenoxy) is 3. The Kier molecular flexibility index (Phi) is 8.43. The molecule has 2 aromatic carbocycles. The van der Waals surface area contributed by atoms with E-state index in [9.17, 15) is 14.4 Å². The molecule has 0 bridgehead atoms. The van der Waals surface area contributed by atoms with E-state index in [0.717, 1.165) is 11.1 Å². The summed E-state index contributed by atoms with van der Waals surface area (Å²) in [6.45, 7) is 7.54. The molecule has 34 heavy (non-hydrogen) atoms. The van der Waals surface area contributed by atoms with Crippen LogP contribution in [0.4, 0.5) is 5.00 Å². The van der Waals surface area contributed by atoms with Crippen LogP contribution in [0, 0.1) is 6.92 Å². The van der Waals surface area contributed by atoms with Gasteiger partial charge in [-0.05, 0) is 57.5 Å². The van der Waals surface area contributed by atoms with Gasteiger partial charge >= 0.3 is 11.9 Å². The second-order valence-corrected chi connectivity index (χ2v) is 8.31. The summed E-state index contributed by atoms with van der Waals surface area (Å²) in [7, 11) is 0. The molecule has 1 heterocycles. The molecule has 0 aliphatic rings. The van der Waals surface area contributed by atoms with Gasteiger partial charge in [-0.25, -0.2) is 9.59 Å². The van der Waals surface area contributed by atoms with Crippen molar-refractivity contribution < 1.29 is 28.6 Å². The van der Waals surface area contributed by atoms with Gasteiger partial charge in [-0.1, -0.05) is 29.8 Å². The monoisotopic (exact) mass is 481 g/mol. The number of esters is 2. The maximum atomic E-state index is 12.9. The quantitative estimate of drug-likeness (QED) is 0.407. The van der Waals surface area contributed by atoms with Crippen molar-refractivity contribution in [3.63, 3.8) is 0 Å². The Morgan fingerprint density at radius 3 is 2.21 bits per heavy atom. The Morgan fingerprint density at radius 1 is 0.941 bits per heavy atom. The zero-order chi connectivity index (χ0) is 24.7. The van der Waals surface area contributed by atoms with Gasteiger partial charge in [0.1, 0.15) is 16.3 Å². The third kappa shape index (κ3) is 6.02. The molecule has 178 valence electrons. The standard InChI is InChI=1S/C26H27NO6S/c1-5-31-25(29)17(4)33-20-13-11-19(12-14-20)23(28)27-24-22(26(30)32-6-2)21(15-34-24)18-9-7-16(3)8-10-18/h7-15,17H,5-6H2,1-4H3,(H,27,28). The van der Waals surface area contributed by atoms with E-state index in [0.29, 0.717) is 27.4 Å². The summed E-state index contributed by atoms with van der Waals surface area (Å²) in [6, 6.07) is 14.2. The van der Waals surface area contributed by atoms with Gasteiger partial charge in [0.05, 0.1) is 13.2 Å². The molecule has 0 spiro atoms. The minimum Gasteiger partial charge on any atom is -0.479 e. The Balaban J connectivity index is 1.79. The molecule has 0 fully saturated rings. The summed E-state index contributed by atoms with van der Waals surface area (Å²) in [5, 5.41) is 5.07. The lowest BCUT2D eigenvalue weighted by atomic mass is 10.0. The molecule has 0 saturated carbocycles. The van der Waals surface area contributed by atoms with E-state index in [1.807, 2.05) is 36.6 Å². The van der Waals surface area contributed by atoms with E-state index in [-0.39, 0.29) is 19.1 Å². The molecule has 0 aliphatic heterocycles. The predicted molar refractivity (Wildman–Crippen MR) is 132 cm³/mol. The Bertz CT molecular complexity index is 1150. The molecule has 0 radical (unpaired) electrons. The molecular weight excluding hydrogens is 454 g/mol. The summed E-state index contributed by atoms with van der Waals surface area (Å²) in [6.07, 6.45) is -0.766. The fourth-order valence-electron chi connectivity index (χ4n) is 3.17. The minimum absolute atomic E-state index is 0.223. The molecule has 0 saturated heterocycles. The number of carbonyl (C=O) groups is 3. The molecule has 3 rings (SSSR count). The number of hydrogen-bond acceptors (Lipinski definition) is 7. The Morgan fingerprint density at radius 2 is 1.59 bits per heavy atom. The van der Waals surface area contributed by atoms with Gasteiger partial charge in [0.2, 0.25) is 0 Å². The molecule has 1 amide bonds. The number of thiophene rings is 1. The van der Waals surface area contributed by atoms with E-state index in [1.54, 1.807) is 45.0 Å². The fraction of sp³-hybridized carbons (Fsp3) is 0.269. The topological polar surface area (TPSA) is 90.9 Å². The van der Waals surface area contributed by atoms with Crippen molar-refractivity contribution in [1.82, 2.24) is 0 Å². The largest absolute Gasteiger partial charge is 0.479 e. The highest BCUT2D eigenvalue weighted by Crippen LogP contribution is 2.36. The number of amides is 1. The van der Waals surface area contributed by atoms with Crippen molar-refractivity contribution in [2.45, 2.75) is 33.8 Å². The van der Waals surface area contributed by atoms with E-state index in [2.05, 4.69) is 5.32 Å². The van der Waals surface area contributed by atoms with Gasteiger partial charge < -0.3 is 19.5 Å². The maximum absolute atomic E-state index is 12.9. The molecule has 8 heteroatoms. The summed E-state index contributed by atoms with van der Waals surface area (Å²) in [5.74, 6) is -0.904. The lowest BCUT2D eigenvalue weighted by molar-refractivity contribution is -0.150. The van der Waals surface area contributed by atoms with Gasteiger partial charge in [0.25, 0.3) is 5.91 Å². The van der Waals surface area contributed by atoms with Crippen molar-refractivity contribution in [3.8, 4) is 16.9 Å². The van der Waals surface area contributed by atoms with Gasteiger partial charge in [-0.3, -0.25) is 4.79 Å². The number of aryl methyl sites for hydroxylation is 1. The van der Waals surface area contributed by atoms with Crippen molar-refractivity contribution in [1.29, 1.82) is 0 Å². The van der Waals surface area contributed by atoms with Crippen LogP contribution in [0.15, 0.2) is 53.9 Å². The maximum Gasteiger partial charge on any atom is 0.347 e. The molecule has 7 nitrogen and oxygen atoms in total. The van der Waals surface area contributed by atoms with Crippen molar-refractivity contribution in [2.24, 2.45) is 0 Å². The molecule has 0 aliphatic carbocycles. The first kappa shape index (κ1) is 25.0. The summed E-state index contributed by atoms with van der Waals surface area (Å²) in [5.41, 5.74) is 3.37. The number of carbonyl (C=O) groups excluding carboxylic acids is 3. The van der Waals surface area contributed by atoms with E-state index < -0.39 is 18.0 Å². The zero-order valence-electron chi connectivity index (χ0n) is 19.5. The second kappa shape index (κ2) is 11.5. The van der Waals surface area contributed by atoms with Crippen LogP contribution in [0.2, 0.25) is 0 Å². The van der Waals surface area contributed by atoms with Crippen molar-refractivity contribution in [2.75, 3.05) is 18.5 Å². The van der Waals surface area contributed by atoms with Crippen LogP contribution in [0.1, 0.15) is 47.1 Å². The number of nitrogens with one attached hydrogen (secondary N) is 1. The molecule has 1 unspecified atom stereocenters. The highest BCUT2D eigenvalue weighted by atomic mass is 32.1. The first-order valence-electron chi connectivity index (χ1n) is 10.9. The first-order chi connectivity index (χ1) is 16.3. The number of benzene rings is 2. The molecule has 3 aromatic rings. The molecular formula is C26H27NO6S. The van der Waals surface area contributed by atoms with Gasteiger partial charge in [-0.2, -0.15) is 0 Å². The van der Waals surface area contributed by atoms with Crippen LogP contribution >= 0.6 is 11.3 Å². The Hall–Kier alpha value is -3.65. The minimum atomic E-state index is -0.766. The normalized spacial score (nSPS) is 11.4. The van der Waals surface area contributed by atoms with Crippen LogP contribution in [0.25, 0.3) is 11.1 Å². The van der Waals surface area contributed by atoms with Crippen LogP contribution in [0.3, 0.4) is 0 Å². The van der Waals surface area contributed by atoms with Crippen LogP contribution in [0.5, 0.6) is 5.75 Å². The lowest BCUT2D eigenvalue weighted by Gasteiger charge is -2.13. The van der Waals surface area contributed by atoms with E-state index in [1.165, 1.54) is 11.3 Å². The van der Waals surface area contributed by atoms with Crippen LogP contribution in [-0.2, 0) is 14.3 Å². The summed E-state index contributed by atoms with van der Waals surface area (Å²) in [4.78, 5) is 37.4. The smallest absolute Gasteiger partial charge is 0.347 e. The van der Waals surface area contributed by atoms with Crippen LogP contribution in [-0.4, -0.2) is 37.2 Å². The highest BCUT2D eigenvalue weighted by Gasteiger charge is 2.23. The number of hydrogen-bond donors (Lipinski definition) is 1. The summed E-state index contributed by atoms with van der Waals surface area (Å²) < 4.78 is 15.7. The third-order valence-electron chi connectivity index (χ3n) is 4.91. The average Bonchev–Trinajstić information content (AvgIpc) is 3.23. The summed E-state index contributed by atoms with van der Waals surface area (Å²) >= 11 is 1.26.